The second kappa shape index (κ2) is 8.87. The van der Waals surface area contributed by atoms with Gasteiger partial charge in [0.25, 0.3) is 0 Å². The van der Waals surface area contributed by atoms with Crippen LogP contribution in [-0.4, -0.2) is 62.7 Å². The number of hydrogen-bond acceptors (Lipinski definition) is 6. The van der Waals surface area contributed by atoms with E-state index in [-0.39, 0.29) is 35.8 Å². The van der Waals surface area contributed by atoms with Gasteiger partial charge in [0.05, 0.1) is 28.5 Å². The van der Waals surface area contributed by atoms with Crippen molar-refractivity contribution in [3.63, 3.8) is 0 Å². The molecule has 2 aliphatic rings. The van der Waals surface area contributed by atoms with Crippen LogP contribution in [0.3, 0.4) is 0 Å². The molecule has 32 heavy (non-hydrogen) atoms. The molecule has 0 aliphatic carbocycles. The van der Waals surface area contributed by atoms with E-state index in [4.69, 9.17) is 0 Å². The Bertz CT molecular complexity index is 1120. The van der Waals surface area contributed by atoms with E-state index >= 15 is 0 Å². The van der Waals surface area contributed by atoms with Gasteiger partial charge in [0.1, 0.15) is 12.6 Å². The number of fused-ring (bicyclic) bond motifs is 3. The summed E-state index contributed by atoms with van der Waals surface area (Å²) in [5.74, 6) is -0.510. The van der Waals surface area contributed by atoms with Crippen LogP contribution in [0.1, 0.15) is 25.0 Å². The molecule has 9 nitrogen and oxygen atoms in total. The molecule has 2 aromatic rings. The van der Waals surface area contributed by atoms with E-state index in [0.717, 1.165) is 29.4 Å². The number of rotatable bonds is 6. The first kappa shape index (κ1) is 22.2. The largest absolute Gasteiger partial charge is 0.358 e. The zero-order chi connectivity index (χ0) is 22.9. The molecule has 2 aliphatic heterocycles. The minimum atomic E-state index is -3.69. The van der Waals surface area contributed by atoms with Crippen LogP contribution in [0.5, 0.6) is 0 Å². The number of pyridine rings is 1. The normalized spacial score (nSPS) is 18.3. The van der Waals surface area contributed by atoms with Crippen molar-refractivity contribution < 1.29 is 18.0 Å². The van der Waals surface area contributed by atoms with Gasteiger partial charge in [-0.05, 0) is 49.6 Å². The molecule has 0 bridgehead atoms. The maximum Gasteiger partial charge on any atom is 0.250 e. The second-order valence-electron chi connectivity index (χ2n) is 8.17. The van der Waals surface area contributed by atoms with Crippen LogP contribution >= 0.6 is 0 Å². The fraction of sp³-hybridized carbons (Fsp3) is 0.409. The maximum atomic E-state index is 13.4. The predicted molar refractivity (Wildman–Crippen MR) is 121 cm³/mol. The summed E-state index contributed by atoms with van der Waals surface area (Å²) in [6, 6.07) is 9.91. The van der Waals surface area contributed by atoms with Gasteiger partial charge in [-0.15, -0.1) is 0 Å². The summed E-state index contributed by atoms with van der Waals surface area (Å²) < 4.78 is 26.5. The van der Waals surface area contributed by atoms with Crippen molar-refractivity contribution in [1.82, 2.24) is 14.6 Å². The van der Waals surface area contributed by atoms with Gasteiger partial charge in [0.2, 0.25) is 21.8 Å². The van der Waals surface area contributed by atoms with Gasteiger partial charge in [-0.3, -0.25) is 19.5 Å². The summed E-state index contributed by atoms with van der Waals surface area (Å²) in [6.45, 7) is 0.788. The average molecular weight is 458 g/mol. The van der Waals surface area contributed by atoms with Gasteiger partial charge in [-0.2, -0.15) is 0 Å². The van der Waals surface area contributed by atoms with Crippen LogP contribution in [0, 0.1) is 0 Å². The van der Waals surface area contributed by atoms with Crippen LogP contribution in [0.25, 0.3) is 0 Å². The van der Waals surface area contributed by atoms with E-state index in [1.54, 1.807) is 30.5 Å². The molecular weight excluding hydrogens is 430 g/mol. The Kier molecular flexibility index (Phi) is 6.16. The number of amides is 2. The van der Waals surface area contributed by atoms with Crippen LogP contribution in [-0.2, 0) is 26.2 Å². The molecule has 1 aromatic carbocycles. The molecule has 0 saturated carbocycles. The molecule has 0 spiro atoms. The molecule has 0 radical (unpaired) electrons. The summed E-state index contributed by atoms with van der Waals surface area (Å²) in [4.78, 5) is 33.8. The van der Waals surface area contributed by atoms with Crippen LogP contribution < -0.4 is 15.1 Å². The first-order valence-corrected chi connectivity index (χ1v) is 12.0. The fourth-order valence-electron chi connectivity index (χ4n) is 4.16. The van der Waals surface area contributed by atoms with E-state index in [0.29, 0.717) is 17.8 Å². The van der Waals surface area contributed by atoms with Crippen LogP contribution in [0.4, 0.5) is 11.4 Å². The smallest absolute Gasteiger partial charge is 0.250 e. The standard InChI is InChI=1S/C22H27N5O4S/c1-25(2)32(30,31)17-9-10-18-20(13-17)27(22(29)19-8-4-6-12-26(18)19)15-21(28)24-14-16-7-3-5-11-23-16/h3,5,7,9-11,13,19H,4,6,8,12,14-15H2,1-2H3,(H,24,28). The van der Waals surface area contributed by atoms with Crippen LogP contribution in [0.15, 0.2) is 47.5 Å². The molecule has 2 amide bonds. The first-order valence-electron chi connectivity index (χ1n) is 10.6. The number of sulfonamides is 1. The molecule has 170 valence electrons. The topological polar surface area (TPSA) is 103 Å². The van der Waals surface area contributed by atoms with Gasteiger partial charge in [0.15, 0.2) is 0 Å². The van der Waals surface area contributed by atoms with Gasteiger partial charge in [-0.1, -0.05) is 6.07 Å². The third-order valence-electron chi connectivity index (χ3n) is 5.87. The highest BCUT2D eigenvalue weighted by atomic mass is 32.2. The number of anilines is 2. The Balaban J connectivity index is 1.65. The minimum Gasteiger partial charge on any atom is -0.358 e. The molecule has 4 rings (SSSR count). The predicted octanol–water partition coefficient (Wildman–Crippen LogP) is 1.35. The summed E-state index contributed by atoms with van der Waals surface area (Å²) in [5, 5.41) is 2.80. The van der Waals surface area contributed by atoms with E-state index in [2.05, 4.69) is 10.3 Å². The number of nitrogens with zero attached hydrogens (tertiary/aromatic N) is 4. The van der Waals surface area contributed by atoms with Crippen molar-refractivity contribution >= 4 is 33.2 Å². The van der Waals surface area contributed by atoms with Gasteiger partial charge in [-0.25, -0.2) is 12.7 Å². The van der Waals surface area contributed by atoms with E-state index in [1.165, 1.54) is 25.1 Å². The molecule has 3 heterocycles. The number of piperidine rings is 1. The zero-order valence-corrected chi connectivity index (χ0v) is 19.0. The zero-order valence-electron chi connectivity index (χ0n) is 18.2. The third kappa shape index (κ3) is 4.20. The number of hydrogen-bond donors (Lipinski definition) is 1. The number of carbonyl (C=O) groups excluding carboxylic acids is 2. The van der Waals surface area contributed by atoms with Crippen LogP contribution in [0.2, 0.25) is 0 Å². The van der Waals surface area contributed by atoms with Crippen molar-refractivity contribution in [3.8, 4) is 0 Å². The van der Waals surface area contributed by atoms with Crippen molar-refractivity contribution in [2.24, 2.45) is 0 Å². The molecule has 1 atom stereocenters. The van der Waals surface area contributed by atoms with Gasteiger partial charge >= 0.3 is 0 Å². The number of benzene rings is 1. The Morgan fingerprint density at radius 2 is 2.00 bits per heavy atom. The van der Waals surface area contributed by atoms with Crippen molar-refractivity contribution in [2.75, 3.05) is 37.0 Å². The molecule has 1 fully saturated rings. The lowest BCUT2D eigenvalue weighted by atomic mass is 9.96. The molecule has 10 heteroatoms. The monoisotopic (exact) mass is 457 g/mol. The number of nitrogens with one attached hydrogen (secondary N) is 1. The van der Waals surface area contributed by atoms with Crippen molar-refractivity contribution in [3.05, 3.63) is 48.3 Å². The SMILES string of the molecule is CN(C)S(=O)(=O)c1ccc2c(c1)N(CC(=O)NCc1ccccn1)C(=O)C1CCCCN21. The Hall–Kier alpha value is -2.98. The Labute approximate surface area is 188 Å². The molecule has 1 aromatic heterocycles. The molecular formula is C22H27N5O4S. The summed E-state index contributed by atoms with van der Waals surface area (Å²) in [5.41, 5.74) is 1.94. The molecule has 1 unspecified atom stereocenters. The molecule has 1 saturated heterocycles. The number of aromatic nitrogens is 1. The third-order valence-corrected chi connectivity index (χ3v) is 7.69. The maximum absolute atomic E-state index is 13.4. The quantitative estimate of drug-likeness (QED) is 0.703. The van der Waals surface area contributed by atoms with E-state index in [9.17, 15) is 18.0 Å². The lowest BCUT2D eigenvalue weighted by molar-refractivity contribution is -0.125. The number of carbonyl (C=O) groups is 2. The Morgan fingerprint density at radius 1 is 1.19 bits per heavy atom. The van der Waals surface area contributed by atoms with E-state index in [1.807, 2.05) is 11.0 Å². The Morgan fingerprint density at radius 3 is 2.72 bits per heavy atom. The minimum absolute atomic E-state index is 0.0865. The average Bonchev–Trinajstić information content (AvgIpc) is 2.80. The lowest BCUT2D eigenvalue weighted by Gasteiger charge is -2.45. The van der Waals surface area contributed by atoms with E-state index < -0.39 is 10.0 Å². The lowest BCUT2D eigenvalue weighted by Crippen LogP contribution is -2.57. The highest BCUT2D eigenvalue weighted by Gasteiger charge is 2.40. The second-order valence-corrected chi connectivity index (χ2v) is 10.3. The fourth-order valence-corrected chi connectivity index (χ4v) is 5.09. The summed E-state index contributed by atoms with van der Waals surface area (Å²) in [7, 11) is -0.764. The van der Waals surface area contributed by atoms with Crippen molar-refractivity contribution in [1.29, 1.82) is 0 Å². The van der Waals surface area contributed by atoms with Gasteiger partial charge in [0, 0.05) is 26.8 Å². The highest BCUT2D eigenvalue weighted by Crippen LogP contribution is 2.40. The first-order chi connectivity index (χ1) is 15.3. The van der Waals surface area contributed by atoms with Gasteiger partial charge < -0.3 is 10.2 Å². The summed E-state index contributed by atoms with van der Waals surface area (Å²) in [6.07, 6.45) is 4.26. The van der Waals surface area contributed by atoms with Crippen molar-refractivity contribution in [2.45, 2.75) is 36.7 Å². The highest BCUT2D eigenvalue weighted by molar-refractivity contribution is 7.89. The summed E-state index contributed by atoms with van der Waals surface area (Å²) >= 11 is 0. The molecule has 1 N–H and O–H groups in total.